The lowest BCUT2D eigenvalue weighted by atomic mass is 9.33. The summed E-state index contributed by atoms with van der Waals surface area (Å²) in [4.78, 5) is 0. The molecule has 5 aliphatic rings. The van der Waals surface area contributed by atoms with E-state index in [1.807, 2.05) is 13.8 Å². The Bertz CT molecular complexity index is 1160. The topological polar surface area (TPSA) is 69.4 Å². The lowest BCUT2D eigenvalue weighted by Gasteiger charge is -2.72. The maximum absolute atomic E-state index is 13.2. The van der Waals surface area contributed by atoms with Gasteiger partial charge in [-0.2, -0.15) is 21.6 Å². The lowest BCUT2D eigenvalue weighted by molar-refractivity contribution is -0.224. The first kappa shape index (κ1) is 29.7. The number of alkyl halides is 3. The van der Waals surface area contributed by atoms with Gasteiger partial charge in [0.15, 0.2) is 0 Å². The fraction of sp³-hybridized carbons (Fsp3) is 0.935. The molecule has 2 N–H and O–H groups in total. The first-order chi connectivity index (χ1) is 17.5. The van der Waals surface area contributed by atoms with Gasteiger partial charge in [-0.25, -0.2) is 0 Å². The van der Waals surface area contributed by atoms with Gasteiger partial charge in [-0.15, -0.1) is 0 Å². The van der Waals surface area contributed by atoms with Crippen LogP contribution in [0.25, 0.3) is 0 Å². The van der Waals surface area contributed by atoms with Crippen LogP contribution in [0.4, 0.5) is 13.2 Å². The van der Waals surface area contributed by atoms with Crippen molar-refractivity contribution in [3.63, 3.8) is 0 Å². The van der Waals surface area contributed by atoms with E-state index in [-0.39, 0.29) is 38.9 Å². The van der Waals surface area contributed by atoms with Crippen molar-refractivity contribution >= 4 is 10.1 Å². The Kier molecular flexibility index (Phi) is 6.41. The molecule has 5 rings (SSSR count). The molecule has 4 saturated carbocycles. The van der Waals surface area contributed by atoms with Crippen LogP contribution in [0.1, 0.15) is 113 Å². The number of nitrogens with two attached hydrogens (primary N) is 1. The highest BCUT2D eigenvalue weighted by Gasteiger charge is 2.70. The van der Waals surface area contributed by atoms with Gasteiger partial charge in [-0.05, 0) is 115 Å². The van der Waals surface area contributed by atoms with Crippen LogP contribution in [0, 0.1) is 56.7 Å². The Balaban J connectivity index is 1.51. The Morgan fingerprint density at radius 2 is 1.51 bits per heavy atom. The van der Waals surface area contributed by atoms with Crippen LogP contribution in [0.15, 0.2) is 11.8 Å². The standard InChI is InChI=1S/C31H50F3NO3S/c1-25(2,3)19-11-16-30(35)18-17-28(7)20(24(19)30)9-10-22-27(6)14-13-23(38-39(36,37)31(32,33)34)26(4,5)21(27)12-15-29(22,28)8/h13,19-22,24H,9-12,14-18,35H2,1-8H3. The zero-order chi connectivity index (χ0) is 29.2. The van der Waals surface area contributed by atoms with Crippen molar-refractivity contribution in [1.82, 2.24) is 0 Å². The molecule has 0 bridgehead atoms. The van der Waals surface area contributed by atoms with E-state index in [9.17, 15) is 21.6 Å². The monoisotopic (exact) mass is 573 g/mol. The largest absolute Gasteiger partial charge is 0.534 e. The molecule has 0 heterocycles. The molecule has 39 heavy (non-hydrogen) atoms. The van der Waals surface area contributed by atoms with Gasteiger partial charge >= 0.3 is 15.6 Å². The lowest BCUT2D eigenvalue weighted by Crippen LogP contribution is -2.67. The van der Waals surface area contributed by atoms with Gasteiger partial charge in [-0.3, -0.25) is 0 Å². The first-order valence-electron chi connectivity index (χ1n) is 15.0. The van der Waals surface area contributed by atoms with Gasteiger partial charge in [0.2, 0.25) is 0 Å². The fourth-order valence-corrected chi connectivity index (χ4v) is 12.1. The molecule has 224 valence electrons. The smallest absolute Gasteiger partial charge is 0.380 e. The van der Waals surface area contributed by atoms with Gasteiger partial charge in [0.25, 0.3) is 0 Å². The van der Waals surface area contributed by atoms with E-state index in [0.717, 1.165) is 44.9 Å². The number of allylic oxidation sites excluding steroid dienone is 2. The molecule has 9 unspecified atom stereocenters. The van der Waals surface area contributed by atoms with Crippen molar-refractivity contribution in [2.24, 2.45) is 62.4 Å². The van der Waals surface area contributed by atoms with Crippen molar-refractivity contribution in [1.29, 1.82) is 0 Å². The predicted molar refractivity (Wildman–Crippen MR) is 148 cm³/mol. The van der Waals surface area contributed by atoms with E-state index in [4.69, 9.17) is 9.92 Å². The average Bonchev–Trinajstić information content (AvgIpc) is 3.14. The summed E-state index contributed by atoms with van der Waals surface area (Å²) in [6.07, 6.45) is 10.8. The number of halogens is 3. The third-order valence-electron chi connectivity index (χ3n) is 13.6. The van der Waals surface area contributed by atoms with Gasteiger partial charge in [-0.1, -0.05) is 55.4 Å². The van der Waals surface area contributed by atoms with Crippen LogP contribution in [-0.4, -0.2) is 19.5 Å². The Labute approximate surface area is 234 Å². The quantitative estimate of drug-likeness (QED) is 0.267. The molecule has 0 radical (unpaired) electrons. The minimum Gasteiger partial charge on any atom is -0.380 e. The second kappa shape index (κ2) is 8.41. The second-order valence-corrected chi connectivity index (χ2v) is 18.0. The van der Waals surface area contributed by atoms with Gasteiger partial charge in [0, 0.05) is 11.0 Å². The Morgan fingerprint density at radius 3 is 2.10 bits per heavy atom. The first-order valence-corrected chi connectivity index (χ1v) is 16.5. The number of fused-ring (bicyclic) bond motifs is 7. The maximum Gasteiger partial charge on any atom is 0.534 e. The van der Waals surface area contributed by atoms with E-state index in [1.165, 1.54) is 6.42 Å². The van der Waals surface area contributed by atoms with E-state index >= 15 is 0 Å². The van der Waals surface area contributed by atoms with Crippen LogP contribution in [0.5, 0.6) is 0 Å². The minimum atomic E-state index is -5.70. The maximum atomic E-state index is 13.2. The molecule has 0 saturated heterocycles. The fourth-order valence-electron chi connectivity index (χ4n) is 11.5. The van der Waals surface area contributed by atoms with Crippen LogP contribution < -0.4 is 5.73 Å². The second-order valence-electron chi connectivity index (χ2n) is 16.4. The Hall–Kier alpha value is -0.760. The summed E-state index contributed by atoms with van der Waals surface area (Å²) in [5.41, 5.74) is 1.24. The van der Waals surface area contributed by atoms with Crippen LogP contribution >= 0.6 is 0 Å². The molecule has 0 aromatic carbocycles. The van der Waals surface area contributed by atoms with Gasteiger partial charge < -0.3 is 9.92 Å². The summed E-state index contributed by atoms with van der Waals surface area (Å²) in [6.45, 7) is 18.3. The molecule has 0 amide bonds. The molecule has 4 fully saturated rings. The molecule has 0 spiro atoms. The SMILES string of the molecule is CC(C)(C)C1CCC2(N)CCC3(C)C(CCC4C5(C)CC=C(OS(=O)(=O)C(F)(F)F)C(C)(C)C5CCC43C)C12. The molecule has 0 aromatic rings. The van der Waals surface area contributed by atoms with E-state index in [0.29, 0.717) is 30.1 Å². The van der Waals surface area contributed by atoms with Crippen molar-refractivity contribution < 1.29 is 25.8 Å². The van der Waals surface area contributed by atoms with Crippen molar-refractivity contribution in [2.45, 2.75) is 124 Å². The Morgan fingerprint density at radius 1 is 0.872 bits per heavy atom. The summed E-state index contributed by atoms with van der Waals surface area (Å²) < 4.78 is 68.3. The molecule has 0 aromatic heterocycles. The number of rotatable bonds is 2. The highest BCUT2D eigenvalue weighted by atomic mass is 32.2. The minimum absolute atomic E-state index is 0.0395. The summed E-state index contributed by atoms with van der Waals surface area (Å²) in [7, 11) is -5.70. The van der Waals surface area contributed by atoms with Gasteiger partial charge in [0.05, 0.1) is 0 Å². The zero-order valence-corrected chi connectivity index (χ0v) is 26.0. The summed E-state index contributed by atoms with van der Waals surface area (Å²) >= 11 is 0. The van der Waals surface area contributed by atoms with Crippen molar-refractivity contribution in [3.8, 4) is 0 Å². The highest BCUT2D eigenvalue weighted by Crippen LogP contribution is 2.76. The molecular weight excluding hydrogens is 523 g/mol. The number of hydrogen-bond donors (Lipinski definition) is 1. The van der Waals surface area contributed by atoms with Crippen molar-refractivity contribution in [3.05, 3.63) is 11.8 Å². The summed E-state index contributed by atoms with van der Waals surface area (Å²) in [5.74, 6) is 2.11. The third-order valence-corrected chi connectivity index (χ3v) is 14.6. The summed E-state index contributed by atoms with van der Waals surface area (Å²) in [6, 6.07) is 0. The third kappa shape index (κ3) is 3.95. The molecule has 8 heteroatoms. The predicted octanol–water partition coefficient (Wildman–Crippen LogP) is 8.19. The zero-order valence-electron chi connectivity index (χ0n) is 25.2. The highest BCUT2D eigenvalue weighted by molar-refractivity contribution is 7.87. The average molecular weight is 574 g/mol. The molecule has 4 nitrogen and oxygen atoms in total. The van der Waals surface area contributed by atoms with Crippen LogP contribution in [0.2, 0.25) is 0 Å². The summed E-state index contributed by atoms with van der Waals surface area (Å²) in [5, 5.41) is 0. The van der Waals surface area contributed by atoms with E-state index in [1.54, 1.807) is 6.08 Å². The van der Waals surface area contributed by atoms with E-state index < -0.39 is 21.0 Å². The van der Waals surface area contributed by atoms with Gasteiger partial charge in [0.1, 0.15) is 5.76 Å². The molecule has 0 aliphatic heterocycles. The van der Waals surface area contributed by atoms with Crippen LogP contribution in [0.3, 0.4) is 0 Å². The number of hydrogen-bond acceptors (Lipinski definition) is 4. The van der Waals surface area contributed by atoms with Crippen molar-refractivity contribution in [2.75, 3.05) is 0 Å². The van der Waals surface area contributed by atoms with Crippen LogP contribution in [-0.2, 0) is 14.3 Å². The van der Waals surface area contributed by atoms with E-state index in [2.05, 4.69) is 41.5 Å². The molecule has 9 atom stereocenters. The normalized spacial score (nSPS) is 47.8. The molecular formula is C31H50F3NO3S. The molecule has 5 aliphatic carbocycles.